The van der Waals surface area contributed by atoms with Gasteiger partial charge in [-0.3, -0.25) is 0 Å². The fraction of sp³-hybridized carbons (Fsp3) is 0.435. The Morgan fingerprint density at radius 3 is 2.44 bits per heavy atom. The molecule has 0 fully saturated rings. The molecule has 1 aromatic heterocycles. The van der Waals surface area contributed by atoms with Crippen molar-refractivity contribution >= 4 is 34.3 Å². The number of aromatic nitrogens is 2. The van der Waals surface area contributed by atoms with E-state index in [9.17, 15) is 22.0 Å². The predicted octanol–water partition coefficient (Wildman–Crippen LogP) is 7.17. The van der Waals surface area contributed by atoms with E-state index in [-0.39, 0.29) is 22.2 Å². The molecular formula is C23H23ClF5N3O2. The molecule has 0 amide bonds. The third kappa shape index (κ3) is 4.65. The first-order valence-corrected chi connectivity index (χ1v) is 11.1. The average Bonchev–Trinajstić information content (AvgIpc) is 3.13. The second kappa shape index (κ2) is 9.22. The van der Waals surface area contributed by atoms with Crippen molar-refractivity contribution in [2.75, 3.05) is 11.4 Å². The molecule has 3 aromatic rings. The summed E-state index contributed by atoms with van der Waals surface area (Å²) in [5.41, 5.74) is 1.38. The number of alkyl halides is 5. The molecule has 1 aliphatic heterocycles. The summed E-state index contributed by atoms with van der Waals surface area (Å²) in [5, 5.41) is 0.121. The third-order valence-corrected chi connectivity index (χ3v) is 5.82. The lowest BCUT2D eigenvalue weighted by atomic mass is 10.1. The first-order chi connectivity index (χ1) is 16.0. The molecule has 0 aliphatic carbocycles. The molecule has 4 rings (SSSR count). The highest BCUT2D eigenvalue weighted by Crippen LogP contribution is 2.44. The Morgan fingerprint density at radius 1 is 1.09 bits per heavy atom. The standard InChI is InChI=1S/C23H23ClF5N3O2/c1-12(2)33-14-5-8-17(13(3)11-14)31-9-4-10-32-19-15(20(23(27,28)29)34-21(25)26)6-7-16(24)18(19)30-22(31)32/h5-8,11-12,20-21H,4,9-10H2,1-3H3. The minimum absolute atomic E-state index is 0.00188. The summed E-state index contributed by atoms with van der Waals surface area (Å²) in [4.78, 5) is 6.43. The highest BCUT2D eigenvalue weighted by atomic mass is 35.5. The van der Waals surface area contributed by atoms with Crippen molar-refractivity contribution < 1.29 is 31.4 Å². The lowest BCUT2D eigenvalue weighted by Crippen LogP contribution is -2.29. The van der Waals surface area contributed by atoms with E-state index in [1.54, 1.807) is 4.57 Å². The van der Waals surface area contributed by atoms with Crippen LogP contribution in [0, 0.1) is 6.92 Å². The molecule has 0 spiro atoms. The maximum atomic E-state index is 13.7. The summed E-state index contributed by atoms with van der Waals surface area (Å²) >= 11 is 6.29. The molecular weight excluding hydrogens is 481 g/mol. The van der Waals surface area contributed by atoms with Gasteiger partial charge in [-0.25, -0.2) is 4.98 Å². The van der Waals surface area contributed by atoms with Crippen LogP contribution in [0.5, 0.6) is 5.75 Å². The quantitative estimate of drug-likeness (QED) is 0.334. The van der Waals surface area contributed by atoms with E-state index in [4.69, 9.17) is 16.3 Å². The number of halogens is 6. The summed E-state index contributed by atoms with van der Waals surface area (Å²) in [7, 11) is 0. The number of benzene rings is 2. The van der Waals surface area contributed by atoms with Crippen LogP contribution in [-0.4, -0.2) is 35.0 Å². The number of imidazole rings is 1. The molecule has 1 aliphatic rings. The largest absolute Gasteiger partial charge is 0.491 e. The molecule has 1 unspecified atom stereocenters. The summed E-state index contributed by atoms with van der Waals surface area (Å²) in [6.07, 6.45) is -7.28. The monoisotopic (exact) mass is 503 g/mol. The number of fused-ring (bicyclic) bond motifs is 3. The van der Waals surface area contributed by atoms with Crippen molar-refractivity contribution in [2.45, 2.75) is 58.7 Å². The zero-order chi connectivity index (χ0) is 24.8. The molecule has 184 valence electrons. The van der Waals surface area contributed by atoms with Crippen molar-refractivity contribution in [1.29, 1.82) is 0 Å². The topological polar surface area (TPSA) is 39.5 Å². The van der Waals surface area contributed by atoms with E-state index in [0.717, 1.165) is 17.3 Å². The highest BCUT2D eigenvalue weighted by molar-refractivity contribution is 6.35. The summed E-state index contributed by atoms with van der Waals surface area (Å²) in [6, 6.07) is 7.86. The molecule has 0 saturated heterocycles. The molecule has 0 radical (unpaired) electrons. The smallest absolute Gasteiger partial charge is 0.419 e. The van der Waals surface area contributed by atoms with Crippen molar-refractivity contribution in [3.63, 3.8) is 0 Å². The second-order valence-electron chi connectivity index (χ2n) is 8.34. The van der Waals surface area contributed by atoms with Gasteiger partial charge in [0.05, 0.1) is 16.6 Å². The maximum Gasteiger partial charge on any atom is 0.419 e. The lowest BCUT2D eigenvalue weighted by molar-refractivity contribution is -0.276. The van der Waals surface area contributed by atoms with Gasteiger partial charge in [0.25, 0.3) is 0 Å². The van der Waals surface area contributed by atoms with Crippen LogP contribution in [0.15, 0.2) is 30.3 Å². The molecule has 11 heteroatoms. The highest BCUT2D eigenvalue weighted by Gasteiger charge is 2.45. The number of rotatable bonds is 6. The zero-order valence-electron chi connectivity index (χ0n) is 18.7. The van der Waals surface area contributed by atoms with Gasteiger partial charge in [-0.15, -0.1) is 0 Å². The van der Waals surface area contributed by atoms with Crippen LogP contribution in [-0.2, 0) is 11.3 Å². The molecule has 2 aromatic carbocycles. The molecule has 5 nitrogen and oxygen atoms in total. The molecule has 0 bridgehead atoms. The third-order valence-electron chi connectivity index (χ3n) is 5.51. The van der Waals surface area contributed by atoms with Crippen LogP contribution < -0.4 is 9.64 Å². The number of nitrogens with zero attached hydrogens (tertiary/aromatic N) is 3. The van der Waals surface area contributed by atoms with E-state index in [0.29, 0.717) is 31.2 Å². The number of hydrogen-bond acceptors (Lipinski definition) is 4. The van der Waals surface area contributed by atoms with Crippen molar-refractivity contribution in [3.8, 4) is 5.75 Å². The van der Waals surface area contributed by atoms with Crippen LogP contribution >= 0.6 is 11.6 Å². The fourth-order valence-electron chi connectivity index (χ4n) is 4.27. The second-order valence-corrected chi connectivity index (χ2v) is 8.74. The summed E-state index contributed by atoms with van der Waals surface area (Å²) in [6.45, 7) is 3.05. The van der Waals surface area contributed by atoms with Crippen molar-refractivity contribution in [1.82, 2.24) is 9.55 Å². The van der Waals surface area contributed by atoms with Gasteiger partial charge in [-0.05, 0) is 57.0 Å². The number of hydrogen-bond donors (Lipinski definition) is 0. The van der Waals surface area contributed by atoms with Crippen LogP contribution in [0.25, 0.3) is 11.0 Å². The van der Waals surface area contributed by atoms with Gasteiger partial charge in [-0.1, -0.05) is 17.7 Å². The van der Waals surface area contributed by atoms with E-state index in [1.807, 2.05) is 43.9 Å². The zero-order valence-corrected chi connectivity index (χ0v) is 19.4. The summed E-state index contributed by atoms with van der Waals surface area (Å²) in [5.74, 6) is 1.08. The van der Waals surface area contributed by atoms with E-state index >= 15 is 0 Å². The van der Waals surface area contributed by atoms with E-state index < -0.39 is 24.5 Å². The Bertz CT molecular complexity index is 1200. The minimum Gasteiger partial charge on any atom is -0.491 e. The van der Waals surface area contributed by atoms with Gasteiger partial charge < -0.3 is 18.9 Å². The fourth-order valence-corrected chi connectivity index (χ4v) is 4.47. The Hall–Kier alpha value is -2.59. The van der Waals surface area contributed by atoms with Crippen LogP contribution in [0.4, 0.5) is 33.6 Å². The Labute approximate surface area is 198 Å². The molecule has 1 atom stereocenters. The van der Waals surface area contributed by atoms with Gasteiger partial charge in [0.2, 0.25) is 5.95 Å². The van der Waals surface area contributed by atoms with Gasteiger partial charge in [0.15, 0.2) is 6.10 Å². The van der Waals surface area contributed by atoms with Gasteiger partial charge in [-0.2, -0.15) is 22.0 Å². The first kappa shape index (κ1) is 24.5. The van der Waals surface area contributed by atoms with Crippen molar-refractivity contribution in [3.05, 3.63) is 46.5 Å². The molecule has 0 N–H and O–H groups in total. The first-order valence-electron chi connectivity index (χ1n) is 10.7. The van der Waals surface area contributed by atoms with Crippen molar-refractivity contribution in [2.24, 2.45) is 0 Å². The van der Waals surface area contributed by atoms with Crippen LogP contribution in [0.1, 0.15) is 37.5 Å². The molecule has 2 heterocycles. The van der Waals surface area contributed by atoms with Crippen LogP contribution in [0.3, 0.4) is 0 Å². The SMILES string of the molecule is Cc1cc(OC(C)C)ccc1N1CCCn2c1nc1c(Cl)ccc(C(OC(F)F)C(F)(F)F)c12. The minimum atomic E-state index is -5.06. The summed E-state index contributed by atoms with van der Waals surface area (Å²) < 4.78 is 78.3. The maximum absolute atomic E-state index is 13.7. The number of ether oxygens (including phenoxy) is 2. The van der Waals surface area contributed by atoms with Gasteiger partial charge in [0, 0.05) is 24.3 Å². The average molecular weight is 504 g/mol. The predicted molar refractivity (Wildman–Crippen MR) is 119 cm³/mol. The van der Waals surface area contributed by atoms with E-state index in [1.165, 1.54) is 6.07 Å². The van der Waals surface area contributed by atoms with E-state index in [2.05, 4.69) is 9.72 Å². The van der Waals surface area contributed by atoms with Gasteiger partial charge in [0.1, 0.15) is 11.3 Å². The van der Waals surface area contributed by atoms with Gasteiger partial charge >= 0.3 is 12.8 Å². The molecule has 34 heavy (non-hydrogen) atoms. The Kier molecular flexibility index (Phi) is 6.65. The lowest BCUT2D eigenvalue weighted by Gasteiger charge is -2.31. The Balaban J connectivity index is 1.86. The Morgan fingerprint density at radius 2 is 1.82 bits per heavy atom. The number of aryl methyl sites for hydroxylation is 2. The molecule has 0 saturated carbocycles. The van der Waals surface area contributed by atoms with Crippen LogP contribution in [0.2, 0.25) is 5.02 Å². The normalized spacial score (nSPS) is 15.3. The number of anilines is 2.